The van der Waals surface area contributed by atoms with Gasteiger partial charge in [0.25, 0.3) is 0 Å². The highest BCUT2D eigenvalue weighted by Crippen LogP contribution is 2.31. The van der Waals surface area contributed by atoms with Crippen LogP contribution >= 0.6 is 23.1 Å². The summed E-state index contributed by atoms with van der Waals surface area (Å²) < 4.78 is 6.54. The average molecular weight is 374 g/mol. The van der Waals surface area contributed by atoms with Crippen LogP contribution < -0.4 is 11.1 Å². The van der Waals surface area contributed by atoms with Crippen molar-refractivity contribution in [3.63, 3.8) is 0 Å². The second kappa shape index (κ2) is 8.28. The summed E-state index contributed by atoms with van der Waals surface area (Å²) >= 11 is 2.97. The highest BCUT2D eigenvalue weighted by Gasteiger charge is 2.17. The highest BCUT2D eigenvalue weighted by atomic mass is 32.2. The second-order valence-electron chi connectivity index (χ2n) is 5.22. The van der Waals surface area contributed by atoms with Crippen molar-refractivity contribution in [1.29, 1.82) is 0 Å². The van der Waals surface area contributed by atoms with Crippen molar-refractivity contribution < 1.29 is 9.21 Å². The molecule has 0 fully saturated rings. The lowest BCUT2D eigenvalue weighted by atomic mass is 10.1. The summed E-state index contributed by atoms with van der Waals surface area (Å²) in [5, 5.41) is 3.29. The minimum Gasteiger partial charge on any atom is -0.445 e. The molecule has 0 saturated heterocycles. The number of thioether (sulfide) groups is 1. The van der Waals surface area contributed by atoms with Gasteiger partial charge in [0.1, 0.15) is 11.8 Å². The second-order valence-corrected chi connectivity index (χ2v) is 7.53. The zero-order valence-corrected chi connectivity index (χ0v) is 15.3. The minimum absolute atomic E-state index is 0.280. The van der Waals surface area contributed by atoms with Crippen LogP contribution in [0.15, 0.2) is 51.4 Å². The third-order valence-electron chi connectivity index (χ3n) is 3.44. The number of carbonyl (C=O) groups excluding carboxylic acids is 1. The maximum absolute atomic E-state index is 12.2. The fourth-order valence-electron chi connectivity index (χ4n) is 2.09. The molecule has 3 rings (SSSR count). The predicted octanol–water partition coefficient (Wildman–Crippen LogP) is 3.62. The number of anilines is 1. The largest absolute Gasteiger partial charge is 0.445 e. The fraction of sp³-hybridized carbons (Fsp3) is 0.235. The average Bonchev–Trinajstić information content (AvgIpc) is 3.29. The lowest BCUT2D eigenvalue weighted by Gasteiger charge is -2.10. The summed E-state index contributed by atoms with van der Waals surface area (Å²) in [6, 6.07) is 8.53. The maximum Gasteiger partial charge on any atom is 0.247 e. The van der Waals surface area contributed by atoms with Gasteiger partial charge in [-0.25, -0.2) is 9.97 Å². The fourth-order valence-corrected chi connectivity index (χ4v) is 3.82. The van der Waals surface area contributed by atoms with E-state index in [0.29, 0.717) is 16.8 Å². The van der Waals surface area contributed by atoms with Crippen LogP contribution in [-0.4, -0.2) is 15.9 Å². The van der Waals surface area contributed by atoms with E-state index in [-0.39, 0.29) is 5.91 Å². The molecule has 1 atom stereocenters. The quantitative estimate of drug-likeness (QED) is 0.613. The molecule has 25 heavy (non-hydrogen) atoms. The van der Waals surface area contributed by atoms with Crippen LogP contribution in [0.5, 0.6) is 0 Å². The summed E-state index contributed by atoms with van der Waals surface area (Å²) in [5.41, 5.74) is 6.75. The van der Waals surface area contributed by atoms with E-state index in [0.717, 1.165) is 22.0 Å². The molecule has 1 amide bonds. The molecule has 0 spiro atoms. The number of aromatic nitrogens is 2. The van der Waals surface area contributed by atoms with E-state index < -0.39 is 6.04 Å². The monoisotopic (exact) mass is 374 g/mol. The first-order valence-corrected chi connectivity index (χ1v) is 9.59. The van der Waals surface area contributed by atoms with Crippen molar-refractivity contribution >= 4 is 34.1 Å². The number of nitrogens with zero attached hydrogens (tertiary/aromatic N) is 2. The summed E-state index contributed by atoms with van der Waals surface area (Å²) in [4.78, 5) is 20.7. The number of nitrogens with two attached hydrogens (primary N) is 1. The van der Waals surface area contributed by atoms with Gasteiger partial charge in [0.2, 0.25) is 11.8 Å². The molecule has 8 heteroatoms. The molecule has 0 bridgehead atoms. The normalized spacial score (nSPS) is 12.1. The van der Waals surface area contributed by atoms with E-state index in [9.17, 15) is 4.79 Å². The van der Waals surface area contributed by atoms with Gasteiger partial charge >= 0.3 is 0 Å². The first-order valence-electron chi connectivity index (χ1n) is 7.79. The lowest BCUT2D eigenvalue weighted by Crippen LogP contribution is -2.27. The Balaban J connectivity index is 1.55. The summed E-state index contributed by atoms with van der Waals surface area (Å²) in [6.07, 6.45) is 4.30. The Morgan fingerprint density at radius 1 is 1.32 bits per heavy atom. The first-order chi connectivity index (χ1) is 12.2. The van der Waals surface area contributed by atoms with E-state index in [2.05, 4.69) is 15.3 Å². The third-order valence-corrected chi connectivity index (χ3v) is 5.54. The lowest BCUT2D eigenvalue weighted by molar-refractivity contribution is -0.117. The number of aryl methyl sites for hydroxylation is 1. The Morgan fingerprint density at radius 3 is 2.84 bits per heavy atom. The van der Waals surface area contributed by atoms with Crippen molar-refractivity contribution in [3.8, 4) is 0 Å². The van der Waals surface area contributed by atoms with E-state index in [1.165, 1.54) is 11.3 Å². The number of amides is 1. The SMILES string of the molecule is CCc1cnc(CSc2cnc(NC(=O)C(N)c3ccccc3)s2)o1. The Kier molecular flexibility index (Phi) is 5.85. The van der Waals surface area contributed by atoms with Crippen LogP contribution in [-0.2, 0) is 17.0 Å². The molecule has 2 heterocycles. The molecule has 3 aromatic rings. The van der Waals surface area contributed by atoms with Gasteiger partial charge in [-0.1, -0.05) is 48.6 Å². The van der Waals surface area contributed by atoms with Gasteiger partial charge < -0.3 is 15.5 Å². The number of hydrogen-bond acceptors (Lipinski definition) is 7. The van der Waals surface area contributed by atoms with E-state index >= 15 is 0 Å². The summed E-state index contributed by atoms with van der Waals surface area (Å²) in [5.74, 6) is 1.91. The van der Waals surface area contributed by atoms with E-state index in [1.807, 2.05) is 37.3 Å². The topological polar surface area (TPSA) is 94.0 Å². The van der Waals surface area contributed by atoms with Crippen molar-refractivity contribution in [2.75, 3.05) is 5.32 Å². The van der Waals surface area contributed by atoms with Gasteiger partial charge in [-0.2, -0.15) is 0 Å². The maximum atomic E-state index is 12.2. The molecule has 0 aliphatic heterocycles. The number of carbonyl (C=O) groups is 1. The standard InChI is InChI=1S/C17H18N4O2S2/c1-2-12-8-19-13(23-12)10-24-14-9-20-17(25-14)21-16(22)15(18)11-6-4-3-5-7-11/h3-9,15H,2,10,18H2,1H3,(H,20,21,22). The summed E-state index contributed by atoms with van der Waals surface area (Å²) in [6.45, 7) is 2.02. The van der Waals surface area contributed by atoms with Crippen molar-refractivity contribution in [2.24, 2.45) is 5.73 Å². The zero-order valence-electron chi connectivity index (χ0n) is 13.6. The molecule has 6 nitrogen and oxygen atoms in total. The molecule has 3 N–H and O–H groups in total. The van der Waals surface area contributed by atoms with Crippen molar-refractivity contribution in [2.45, 2.75) is 29.3 Å². The minimum atomic E-state index is -0.721. The molecule has 1 unspecified atom stereocenters. The molecule has 0 radical (unpaired) electrons. The summed E-state index contributed by atoms with van der Waals surface area (Å²) in [7, 11) is 0. The first kappa shape index (κ1) is 17.7. The number of hydrogen-bond donors (Lipinski definition) is 2. The number of thiazole rings is 1. The molecule has 0 aliphatic rings. The molecule has 1 aromatic carbocycles. The van der Waals surface area contributed by atoms with Crippen molar-refractivity contribution in [1.82, 2.24) is 9.97 Å². The number of nitrogens with one attached hydrogen (secondary N) is 1. The van der Waals surface area contributed by atoms with Gasteiger partial charge in [0.05, 0.1) is 22.4 Å². The van der Waals surface area contributed by atoms with Crippen LogP contribution in [0.2, 0.25) is 0 Å². The number of rotatable bonds is 7. The molecule has 0 aliphatic carbocycles. The van der Waals surface area contributed by atoms with Gasteiger partial charge in [-0.3, -0.25) is 4.79 Å². The Morgan fingerprint density at radius 2 is 2.12 bits per heavy atom. The van der Waals surface area contributed by atoms with Gasteiger partial charge in [-0.15, -0.1) is 11.8 Å². The molecule has 2 aromatic heterocycles. The number of oxazole rings is 1. The predicted molar refractivity (Wildman–Crippen MR) is 99.6 cm³/mol. The zero-order chi connectivity index (χ0) is 17.6. The van der Waals surface area contributed by atoms with Crippen molar-refractivity contribution in [3.05, 3.63) is 59.9 Å². The Hall–Kier alpha value is -2.16. The van der Waals surface area contributed by atoms with Crippen LogP contribution in [0.4, 0.5) is 5.13 Å². The van der Waals surface area contributed by atoms with Gasteiger partial charge in [0.15, 0.2) is 5.13 Å². The van der Waals surface area contributed by atoms with E-state index in [4.69, 9.17) is 10.2 Å². The Labute approximate surface area is 153 Å². The van der Waals surface area contributed by atoms with Crippen LogP contribution in [0.3, 0.4) is 0 Å². The van der Waals surface area contributed by atoms with Gasteiger partial charge in [-0.05, 0) is 5.56 Å². The number of benzene rings is 1. The molecular formula is C17H18N4O2S2. The van der Waals surface area contributed by atoms with Crippen LogP contribution in [0, 0.1) is 0 Å². The third kappa shape index (κ3) is 4.68. The van der Waals surface area contributed by atoms with Crippen LogP contribution in [0.1, 0.15) is 30.2 Å². The van der Waals surface area contributed by atoms with Crippen LogP contribution in [0.25, 0.3) is 0 Å². The molecule has 0 saturated carbocycles. The Bertz CT molecular complexity index is 832. The molecular weight excluding hydrogens is 356 g/mol. The highest BCUT2D eigenvalue weighted by molar-refractivity contribution is 8.00. The smallest absolute Gasteiger partial charge is 0.247 e. The molecule has 130 valence electrons. The van der Waals surface area contributed by atoms with Gasteiger partial charge in [0, 0.05) is 6.42 Å². The van der Waals surface area contributed by atoms with E-state index in [1.54, 1.807) is 24.2 Å².